The van der Waals surface area contributed by atoms with Crippen molar-refractivity contribution in [3.05, 3.63) is 88.0 Å². The average molecular weight is 634 g/mol. The molecule has 2 aliphatic heterocycles. The monoisotopic (exact) mass is 633 g/mol. The van der Waals surface area contributed by atoms with Crippen LogP contribution in [0.1, 0.15) is 45.7 Å². The van der Waals surface area contributed by atoms with E-state index in [1.165, 1.54) is 40.5 Å². The molecule has 232 valence electrons. The zero-order valence-electron chi connectivity index (χ0n) is 24.1. The molecule has 45 heavy (non-hydrogen) atoms. The number of hydrogen-bond acceptors (Lipinski definition) is 7. The number of thiophene rings is 1. The Morgan fingerprint density at radius 1 is 1.11 bits per heavy atom. The van der Waals surface area contributed by atoms with Gasteiger partial charge in [-0.3, -0.25) is 14.4 Å². The summed E-state index contributed by atoms with van der Waals surface area (Å²) in [7, 11) is 0. The first kappa shape index (κ1) is 29.3. The highest BCUT2D eigenvalue weighted by molar-refractivity contribution is 7.10. The smallest absolute Gasteiger partial charge is 0.299 e. The highest BCUT2D eigenvalue weighted by atomic mass is 32.1. The van der Waals surface area contributed by atoms with Gasteiger partial charge in [0.25, 0.3) is 11.8 Å². The van der Waals surface area contributed by atoms with Crippen molar-refractivity contribution in [3.8, 4) is 22.4 Å². The Kier molecular flexibility index (Phi) is 7.26. The lowest BCUT2D eigenvalue weighted by molar-refractivity contribution is -0.152. The van der Waals surface area contributed by atoms with Crippen LogP contribution in [0.4, 0.5) is 8.78 Å². The molecular weight excluding hydrogens is 604 g/mol. The summed E-state index contributed by atoms with van der Waals surface area (Å²) in [5, 5.41) is 7.56. The quantitative estimate of drug-likeness (QED) is 0.280. The molecule has 3 N–H and O–H groups in total. The summed E-state index contributed by atoms with van der Waals surface area (Å²) < 4.78 is 41.5. The molecule has 0 bridgehead atoms. The second-order valence-electron chi connectivity index (χ2n) is 11.3. The summed E-state index contributed by atoms with van der Waals surface area (Å²) in [6.07, 6.45) is 3.53. The first-order valence-corrected chi connectivity index (χ1v) is 15.4. The third kappa shape index (κ3) is 5.20. The average Bonchev–Trinajstić information content (AvgIpc) is 3.88. The van der Waals surface area contributed by atoms with Crippen LogP contribution in [0.25, 0.3) is 22.4 Å². The van der Waals surface area contributed by atoms with Gasteiger partial charge in [-0.2, -0.15) is 8.78 Å². The molecule has 7 rings (SSSR count). The van der Waals surface area contributed by atoms with Gasteiger partial charge in [-0.15, -0.1) is 11.3 Å². The van der Waals surface area contributed by atoms with Crippen molar-refractivity contribution in [2.24, 2.45) is 0 Å². The number of likely N-dealkylation sites (tertiary alicyclic amines) is 1. The van der Waals surface area contributed by atoms with E-state index in [9.17, 15) is 23.2 Å². The molecule has 2 aromatic heterocycles. The van der Waals surface area contributed by atoms with E-state index < -0.39 is 36.1 Å². The van der Waals surface area contributed by atoms with Crippen molar-refractivity contribution in [2.45, 2.75) is 37.1 Å². The lowest BCUT2D eigenvalue weighted by Crippen LogP contribution is -2.49. The van der Waals surface area contributed by atoms with E-state index in [4.69, 9.17) is 9.47 Å². The summed E-state index contributed by atoms with van der Waals surface area (Å²) >= 11 is 1.49. The van der Waals surface area contributed by atoms with Gasteiger partial charge in [0.2, 0.25) is 11.8 Å². The summed E-state index contributed by atoms with van der Waals surface area (Å²) in [6, 6.07) is 10.9. The van der Waals surface area contributed by atoms with Crippen molar-refractivity contribution in [1.82, 2.24) is 25.5 Å². The number of alkyl halides is 2. The van der Waals surface area contributed by atoms with E-state index in [1.807, 2.05) is 18.4 Å². The number of fused-ring (bicyclic) bond motifs is 3. The fourth-order valence-electron chi connectivity index (χ4n) is 6.23. The third-order valence-electron chi connectivity index (χ3n) is 8.50. The van der Waals surface area contributed by atoms with Gasteiger partial charge < -0.3 is 30.0 Å². The fourth-order valence-corrected chi connectivity index (χ4v) is 7.14. The van der Waals surface area contributed by atoms with Crippen molar-refractivity contribution < 1.29 is 32.6 Å². The molecule has 2 saturated heterocycles. The number of nitrogens with zero attached hydrogens (tertiary/aromatic N) is 2. The lowest BCUT2D eigenvalue weighted by Gasteiger charge is -2.25. The molecule has 3 aliphatic rings. The van der Waals surface area contributed by atoms with E-state index in [0.717, 1.165) is 16.1 Å². The summed E-state index contributed by atoms with van der Waals surface area (Å²) in [5.74, 6) is -5.72. The van der Waals surface area contributed by atoms with Crippen molar-refractivity contribution >= 4 is 29.1 Å². The molecule has 3 amide bonds. The molecule has 4 aromatic rings. The van der Waals surface area contributed by atoms with Crippen LogP contribution in [0.15, 0.2) is 66.4 Å². The number of aromatic nitrogens is 2. The first-order valence-electron chi connectivity index (χ1n) is 14.5. The number of rotatable bonds is 7. The van der Waals surface area contributed by atoms with Gasteiger partial charge in [0.15, 0.2) is 5.79 Å². The maximum atomic E-state index is 14.9. The lowest BCUT2D eigenvalue weighted by atomic mass is 10.0. The summed E-state index contributed by atoms with van der Waals surface area (Å²) in [4.78, 5) is 49.6. The Balaban J connectivity index is 1.04. The molecule has 4 heterocycles. The van der Waals surface area contributed by atoms with Gasteiger partial charge in [0, 0.05) is 45.1 Å². The second kappa shape index (κ2) is 11.2. The number of imidazole rings is 1. The van der Waals surface area contributed by atoms with Gasteiger partial charge in [0.1, 0.15) is 6.04 Å². The molecule has 2 fully saturated rings. The topological polar surface area (TPSA) is 126 Å². The van der Waals surface area contributed by atoms with E-state index in [-0.39, 0.29) is 47.2 Å². The van der Waals surface area contributed by atoms with Crippen LogP contribution >= 0.6 is 11.3 Å². The SMILES string of the molecule is CC(NC(=O)[C@@H]1CC2(CN1C(=O)CNC(=O)c1ccc3c(c1)-c1ccccc1C3(F)F)OCCO2)c1cc(-c2c[nH]cn2)cs1. The number of hydrogen-bond donors (Lipinski definition) is 3. The molecule has 1 spiro atoms. The highest BCUT2D eigenvalue weighted by Crippen LogP contribution is 2.51. The van der Waals surface area contributed by atoms with Gasteiger partial charge in [-0.25, -0.2) is 4.98 Å². The van der Waals surface area contributed by atoms with Gasteiger partial charge in [-0.1, -0.05) is 30.3 Å². The predicted molar refractivity (Wildman–Crippen MR) is 160 cm³/mol. The van der Waals surface area contributed by atoms with E-state index >= 15 is 0 Å². The van der Waals surface area contributed by atoms with Crippen LogP contribution in [-0.2, 0) is 25.0 Å². The highest BCUT2D eigenvalue weighted by Gasteiger charge is 2.52. The molecule has 1 unspecified atom stereocenters. The normalized spacial score (nSPS) is 19.7. The number of ether oxygens (including phenoxy) is 2. The van der Waals surface area contributed by atoms with Crippen LogP contribution in [0.5, 0.6) is 0 Å². The number of nitrogens with one attached hydrogen (secondary N) is 3. The second-order valence-corrected chi connectivity index (χ2v) is 12.3. The molecule has 0 radical (unpaired) electrons. The van der Waals surface area contributed by atoms with Crippen molar-refractivity contribution in [3.63, 3.8) is 0 Å². The number of amides is 3. The van der Waals surface area contributed by atoms with Gasteiger partial charge in [-0.05, 0) is 36.2 Å². The van der Waals surface area contributed by atoms with Crippen LogP contribution in [-0.4, -0.2) is 70.7 Å². The number of benzene rings is 2. The Bertz CT molecular complexity index is 1790. The molecule has 13 heteroatoms. The van der Waals surface area contributed by atoms with Crippen molar-refractivity contribution in [1.29, 1.82) is 0 Å². The zero-order valence-corrected chi connectivity index (χ0v) is 25.0. The van der Waals surface area contributed by atoms with Crippen molar-refractivity contribution in [2.75, 3.05) is 26.3 Å². The zero-order chi connectivity index (χ0) is 31.3. The molecule has 10 nitrogen and oxygen atoms in total. The molecule has 2 aromatic carbocycles. The number of H-pyrrole nitrogens is 1. The van der Waals surface area contributed by atoms with Crippen LogP contribution in [0.2, 0.25) is 0 Å². The largest absolute Gasteiger partial charge is 0.351 e. The number of halogens is 2. The summed E-state index contributed by atoms with van der Waals surface area (Å²) in [6.45, 7) is 2.17. The standard InChI is InChI=1S/C32H29F2N5O5S/c1-18(27-11-20(15-45-27)25-13-35-17-37-25)38-30(42)26-12-31(43-8-9-44-31)16-39(26)28(40)14-36-29(41)19-6-7-24-22(10-19)21-4-2-3-5-23(21)32(24,33)34/h2-7,10-11,13,15,17-18,26H,8-9,12,14,16H2,1H3,(H,35,37)(H,36,41)(H,38,42)/t18?,26-/m0/s1. The van der Waals surface area contributed by atoms with E-state index in [0.29, 0.717) is 18.8 Å². The molecule has 0 saturated carbocycles. The molecular formula is C32H29F2N5O5S. The van der Waals surface area contributed by atoms with Gasteiger partial charge in [0.05, 0.1) is 44.4 Å². The first-order chi connectivity index (χ1) is 21.6. The minimum absolute atomic E-state index is 0.0290. The number of carbonyl (C=O) groups excluding carboxylic acids is 3. The molecule has 2 atom stereocenters. The van der Waals surface area contributed by atoms with E-state index in [1.54, 1.807) is 30.7 Å². The maximum absolute atomic E-state index is 14.9. The third-order valence-corrected chi connectivity index (χ3v) is 9.62. The minimum atomic E-state index is -3.16. The van der Waals surface area contributed by atoms with Crippen LogP contribution in [0.3, 0.4) is 0 Å². The van der Waals surface area contributed by atoms with Crippen LogP contribution in [0, 0.1) is 0 Å². The Hall–Kier alpha value is -4.46. The fraction of sp³-hybridized carbons (Fsp3) is 0.312. The predicted octanol–water partition coefficient (Wildman–Crippen LogP) is 4.21. The number of aromatic amines is 1. The van der Waals surface area contributed by atoms with Gasteiger partial charge >= 0.3 is 0 Å². The Labute approximate surface area is 260 Å². The minimum Gasteiger partial charge on any atom is -0.351 e. The number of carbonyl (C=O) groups is 3. The molecule has 1 aliphatic carbocycles. The summed E-state index contributed by atoms with van der Waals surface area (Å²) in [5.41, 5.74) is 2.23. The Morgan fingerprint density at radius 3 is 2.67 bits per heavy atom. The maximum Gasteiger partial charge on any atom is 0.299 e. The Morgan fingerprint density at radius 2 is 1.89 bits per heavy atom. The van der Waals surface area contributed by atoms with E-state index in [2.05, 4.69) is 20.6 Å². The van der Waals surface area contributed by atoms with Crippen LogP contribution < -0.4 is 10.6 Å².